The van der Waals surface area contributed by atoms with E-state index in [9.17, 15) is 42.1 Å². The van der Waals surface area contributed by atoms with Crippen LogP contribution in [0.4, 0.5) is 0 Å². The summed E-state index contributed by atoms with van der Waals surface area (Å²) in [6.45, 7) is 2.01. The summed E-state index contributed by atoms with van der Waals surface area (Å²) in [4.78, 5) is 24.6. The maximum absolute atomic E-state index is 12.0. The van der Waals surface area contributed by atoms with Crippen LogP contribution in [0.25, 0.3) is 152 Å². The van der Waals surface area contributed by atoms with Crippen molar-refractivity contribution in [2.45, 2.75) is 32.6 Å². The third kappa shape index (κ3) is 23.2. The standard InChI is InChI=1S/C28H22N2O3S.C24H18N2O3S.C23H20N2O3S.C20H20N2O3S.C20H16N2O3S/c1-34(31,32)33-25-20-12-11-19-24(25)28-29-26(21-13-5-2-6-14-21)27(22-15-7-3-8-16-22)30(28)23-17-9-4-10-18-23;1-30(27,28)29-22-14-8-7-13-20(22)24-25-23-19-12-6-5-9-17(19)15-16-21(23)26(24)18-10-3-2-4-11-18;1-17-22(18-11-5-3-6-12-18)24-23(25(17)19-13-7-4-8-14-19)20-15-9-10-16-21(20)28-29(2,26)27;2*1-26(23,24)25-19-14-8-5-11-16(19)20-21-17-12-6-7-13-18(17)22(20)15-9-3-2-4-10-15/h2-20H,1H3;2-16H,1H3;3-16H,1-2H3;2-5,8-11,14H,6-7,12-13H2,1H3;2-14H,1H3. The zero-order valence-electron chi connectivity index (χ0n) is 79.4. The van der Waals surface area contributed by atoms with Gasteiger partial charge in [0.05, 0.1) is 104 Å². The predicted octanol–water partition coefficient (Wildman–Crippen LogP) is 24.0. The molecule has 5 aromatic heterocycles. The Bertz CT molecular complexity index is 8870. The normalized spacial score (nSPS) is 12.0. The van der Waals surface area contributed by atoms with Crippen molar-refractivity contribution in [3.63, 3.8) is 0 Å². The van der Waals surface area contributed by atoms with Gasteiger partial charge in [0.15, 0.2) is 28.7 Å². The topological polar surface area (TPSA) is 306 Å². The van der Waals surface area contributed by atoms with Gasteiger partial charge in [-0.1, -0.05) is 285 Å². The highest BCUT2D eigenvalue weighted by atomic mass is 32.2. The highest BCUT2D eigenvalue weighted by Gasteiger charge is 2.30. The minimum absolute atomic E-state index is 0.228. The van der Waals surface area contributed by atoms with E-state index in [1.165, 1.54) is 5.69 Å². The van der Waals surface area contributed by atoms with Gasteiger partial charge in [-0.2, -0.15) is 42.1 Å². The molecular formula is C115H96N10O15S5. The molecule has 726 valence electrons. The highest BCUT2D eigenvalue weighted by molar-refractivity contribution is 7.87. The van der Waals surface area contributed by atoms with Crippen LogP contribution in [-0.4, -0.2) is 121 Å². The third-order valence-corrected chi connectivity index (χ3v) is 25.7. The van der Waals surface area contributed by atoms with Gasteiger partial charge < -0.3 is 20.9 Å². The van der Waals surface area contributed by atoms with E-state index in [0.29, 0.717) is 56.9 Å². The second kappa shape index (κ2) is 42.9. The maximum atomic E-state index is 12.0. The van der Waals surface area contributed by atoms with Crippen molar-refractivity contribution in [3.8, 4) is 148 Å². The molecule has 16 aromatic carbocycles. The van der Waals surface area contributed by atoms with Gasteiger partial charge in [0.1, 0.15) is 29.1 Å². The van der Waals surface area contributed by atoms with Gasteiger partial charge in [0.25, 0.3) is 0 Å². The van der Waals surface area contributed by atoms with Crippen LogP contribution in [0.15, 0.2) is 425 Å². The van der Waals surface area contributed by atoms with Gasteiger partial charge >= 0.3 is 50.6 Å². The van der Waals surface area contributed by atoms with Crippen molar-refractivity contribution in [1.29, 1.82) is 0 Å². The largest absolute Gasteiger partial charge is 0.382 e. The van der Waals surface area contributed by atoms with E-state index < -0.39 is 50.6 Å². The molecule has 0 saturated carbocycles. The fourth-order valence-electron chi connectivity index (χ4n) is 17.4. The molecule has 5 heterocycles. The number of aromatic nitrogens is 10. The molecule has 0 saturated heterocycles. The predicted molar refractivity (Wildman–Crippen MR) is 573 cm³/mol. The first kappa shape index (κ1) is 98.3. The first-order valence-corrected chi connectivity index (χ1v) is 55.2. The van der Waals surface area contributed by atoms with Crippen LogP contribution in [0, 0.1) is 6.92 Å². The van der Waals surface area contributed by atoms with Gasteiger partial charge in [0.2, 0.25) is 0 Å². The molecule has 0 aliphatic heterocycles. The molecule has 0 radical (unpaired) electrons. The molecule has 0 N–H and O–H groups in total. The lowest BCUT2D eigenvalue weighted by Crippen LogP contribution is -2.09. The Hall–Kier alpha value is -16.9. The number of para-hydroxylation sites is 12. The van der Waals surface area contributed by atoms with Crippen molar-refractivity contribution in [3.05, 3.63) is 442 Å². The second-order valence-corrected chi connectivity index (χ2v) is 41.8. The van der Waals surface area contributed by atoms with E-state index >= 15 is 0 Å². The van der Waals surface area contributed by atoms with Crippen LogP contribution in [0.5, 0.6) is 28.7 Å². The summed E-state index contributed by atoms with van der Waals surface area (Å²) in [5, 5.41) is 2.13. The van der Waals surface area contributed by atoms with Crippen LogP contribution in [0.1, 0.15) is 29.9 Å². The minimum Gasteiger partial charge on any atom is -0.382 e. The molecule has 30 heteroatoms. The molecule has 1 aliphatic rings. The van der Waals surface area contributed by atoms with Crippen LogP contribution in [0.3, 0.4) is 0 Å². The summed E-state index contributed by atoms with van der Waals surface area (Å²) in [6, 6.07) is 135. The van der Waals surface area contributed by atoms with Crippen molar-refractivity contribution >= 4 is 83.4 Å². The van der Waals surface area contributed by atoms with E-state index in [1.54, 1.807) is 66.7 Å². The average Bonchev–Trinajstić information content (AvgIpc) is 1.59. The summed E-state index contributed by atoms with van der Waals surface area (Å²) >= 11 is 0. The number of aryl methyl sites for hydroxylation is 1. The van der Waals surface area contributed by atoms with E-state index in [4.69, 9.17) is 45.8 Å². The fourth-order valence-corrected chi connectivity index (χ4v) is 19.8. The Kier molecular flexibility index (Phi) is 29.1. The number of hydrogen-bond donors (Lipinski definition) is 0. The molecule has 25 nitrogen and oxygen atoms in total. The molecule has 1 aliphatic carbocycles. The lowest BCUT2D eigenvalue weighted by atomic mass is 10.0. The quantitative estimate of drug-likeness (QED) is 0.0537. The highest BCUT2D eigenvalue weighted by Crippen LogP contribution is 2.45. The van der Waals surface area contributed by atoms with Gasteiger partial charge in [-0.3, -0.25) is 22.8 Å². The summed E-state index contributed by atoms with van der Waals surface area (Å²) in [5.41, 5.74) is 20.0. The molecule has 0 unspecified atom stereocenters. The molecule has 22 rings (SSSR count). The molecule has 145 heavy (non-hydrogen) atoms. The van der Waals surface area contributed by atoms with Crippen molar-refractivity contribution in [1.82, 2.24) is 47.8 Å². The van der Waals surface area contributed by atoms with Gasteiger partial charge in [0, 0.05) is 61.9 Å². The van der Waals surface area contributed by atoms with E-state index in [2.05, 4.69) is 21.3 Å². The van der Waals surface area contributed by atoms with Crippen molar-refractivity contribution in [2.24, 2.45) is 0 Å². The zero-order valence-corrected chi connectivity index (χ0v) is 83.5. The number of fused-ring (bicyclic) bond motifs is 5. The average molecular weight is 2020 g/mol. The number of nitrogens with zero attached hydrogens (tertiary/aromatic N) is 10. The van der Waals surface area contributed by atoms with Crippen molar-refractivity contribution < 1.29 is 63.0 Å². The van der Waals surface area contributed by atoms with Gasteiger partial charge in [-0.15, -0.1) is 0 Å². The zero-order chi connectivity index (χ0) is 101. The molecule has 21 aromatic rings. The number of rotatable bonds is 23. The fraction of sp³-hybridized carbons (Fsp3) is 0.0870. The summed E-state index contributed by atoms with van der Waals surface area (Å²) in [7, 11) is -18.4. The van der Waals surface area contributed by atoms with Crippen LogP contribution < -0.4 is 20.9 Å². The van der Waals surface area contributed by atoms with E-state index in [-0.39, 0.29) is 23.0 Å². The Balaban J connectivity index is 0.000000119. The number of hydrogen-bond acceptors (Lipinski definition) is 20. The summed E-state index contributed by atoms with van der Waals surface area (Å²) in [6.07, 6.45) is 9.36. The smallest absolute Gasteiger partial charge is 0.306 e. The molecule has 0 atom stereocenters. The summed E-state index contributed by atoms with van der Waals surface area (Å²) < 4.78 is 155. The maximum Gasteiger partial charge on any atom is 0.306 e. The van der Waals surface area contributed by atoms with E-state index in [0.717, 1.165) is 169 Å². The Morgan fingerprint density at radius 3 is 0.959 bits per heavy atom. The SMILES string of the molecule is CS(=O)(=O)Oc1ccccc1-c1nc(-c2ccccc2)c(-c2ccccc2)n1-c1ccccc1.CS(=O)(=O)Oc1ccccc1-c1nc2c(n1-c1ccccc1)CCCC2.CS(=O)(=O)Oc1ccccc1-c1nc2c3ccccc3ccc2n1-c1ccccc1.CS(=O)(=O)Oc1ccccc1-c1nc2ccccc2n1-c1ccccc1.Cc1c(-c2ccccc2)nc(-c2ccccc2OS(C)(=O)=O)n1-c1ccccc1. The van der Waals surface area contributed by atoms with Gasteiger partial charge in [-0.25, -0.2) is 24.9 Å². The van der Waals surface area contributed by atoms with Crippen molar-refractivity contribution in [2.75, 3.05) is 31.3 Å². The summed E-state index contributed by atoms with van der Waals surface area (Å²) in [5.74, 6) is 4.44. The van der Waals surface area contributed by atoms with Crippen LogP contribution in [0.2, 0.25) is 0 Å². The minimum atomic E-state index is -3.73. The van der Waals surface area contributed by atoms with Gasteiger partial charge in [-0.05, 0) is 178 Å². The third-order valence-electron chi connectivity index (χ3n) is 23.3. The number of imidazole rings is 5. The first-order chi connectivity index (χ1) is 70.0. The first-order valence-electron chi connectivity index (χ1n) is 46.1. The monoisotopic (exact) mass is 2020 g/mol. The second-order valence-electron chi connectivity index (χ2n) is 33.9. The molecule has 0 bridgehead atoms. The molecule has 0 amide bonds. The van der Waals surface area contributed by atoms with Crippen LogP contribution in [-0.2, 0) is 63.4 Å². The molecule has 0 spiro atoms. The lowest BCUT2D eigenvalue weighted by molar-refractivity contribution is 0.491. The Morgan fingerprint density at radius 1 is 0.241 bits per heavy atom. The lowest BCUT2D eigenvalue weighted by Gasteiger charge is -2.16. The Labute approximate surface area is 841 Å². The number of benzene rings is 16. The van der Waals surface area contributed by atoms with E-state index in [1.807, 2.05) is 366 Å². The molecular weight excluding hydrogens is 1920 g/mol. The Morgan fingerprint density at radius 2 is 0.538 bits per heavy atom. The van der Waals surface area contributed by atoms with Crippen LogP contribution >= 0.6 is 0 Å². The molecule has 0 fully saturated rings.